The first-order valence-electron chi connectivity index (χ1n) is 6.41. The second-order valence-corrected chi connectivity index (χ2v) is 5.05. The Morgan fingerprint density at radius 3 is 2.60 bits per heavy atom. The fraction of sp³-hybridized carbons (Fsp3) is 0.500. The molecule has 0 saturated carbocycles. The van der Waals surface area contributed by atoms with Crippen molar-refractivity contribution in [1.82, 2.24) is 4.90 Å². The molecular weight excluding hydrogens is 276 g/mol. The third-order valence-electron chi connectivity index (χ3n) is 2.78. The Kier molecular flexibility index (Phi) is 7.46. The number of ether oxygens (including phenoxy) is 2. The normalized spacial score (nSPS) is 12.4. The Morgan fingerprint density at radius 2 is 2.05 bits per heavy atom. The van der Waals surface area contributed by atoms with Crippen LogP contribution in [-0.2, 0) is 4.74 Å². The summed E-state index contributed by atoms with van der Waals surface area (Å²) in [5, 5.41) is 9.87. The molecule has 0 aromatic heterocycles. The molecule has 0 radical (unpaired) electrons. The van der Waals surface area contributed by atoms with Crippen LogP contribution >= 0.6 is 12.2 Å². The fourth-order valence-electron chi connectivity index (χ4n) is 1.66. The molecule has 1 rings (SSSR count). The van der Waals surface area contributed by atoms with Crippen LogP contribution < -0.4 is 10.5 Å². The molecule has 1 aromatic carbocycles. The van der Waals surface area contributed by atoms with Crippen LogP contribution in [0, 0.1) is 0 Å². The topological polar surface area (TPSA) is 68.0 Å². The minimum Gasteiger partial charge on any atom is -0.491 e. The van der Waals surface area contributed by atoms with E-state index < -0.39 is 6.10 Å². The van der Waals surface area contributed by atoms with Crippen LogP contribution in [0.5, 0.6) is 5.75 Å². The molecule has 5 nitrogen and oxygen atoms in total. The minimum absolute atomic E-state index is 0.240. The third-order valence-corrected chi connectivity index (χ3v) is 3.02. The third kappa shape index (κ3) is 6.29. The lowest BCUT2D eigenvalue weighted by atomic mass is 10.2. The van der Waals surface area contributed by atoms with Crippen molar-refractivity contribution in [3.8, 4) is 5.75 Å². The minimum atomic E-state index is -0.549. The Balaban J connectivity index is 2.33. The molecule has 0 spiro atoms. The van der Waals surface area contributed by atoms with Crippen LogP contribution in [0.2, 0.25) is 0 Å². The van der Waals surface area contributed by atoms with Crippen LogP contribution in [-0.4, -0.2) is 61.6 Å². The first-order chi connectivity index (χ1) is 9.52. The number of methoxy groups -OCH3 is 1. The van der Waals surface area contributed by atoms with Gasteiger partial charge in [0.25, 0.3) is 0 Å². The van der Waals surface area contributed by atoms with Crippen molar-refractivity contribution in [3.05, 3.63) is 29.8 Å². The number of hydrogen-bond donors (Lipinski definition) is 2. The van der Waals surface area contributed by atoms with Crippen LogP contribution in [0.1, 0.15) is 5.56 Å². The smallest absolute Gasteiger partial charge is 0.119 e. The average molecular weight is 298 g/mol. The summed E-state index contributed by atoms with van der Waals surface area (Å²) in [6.07, 6.45) is -0.549. The summed E-state index contributed by atoms with van der Waals surface area (Å²) in [4.78, 5) is 2.35. The summed E-state index contributed by atoms with van der Waals surface area (Å²) in [6, 6.07) is 7.18. The van der Waals surface area contributed by atoms with Crippen LogP contribution in [0.25, 0.3) is 0 Å². The SMILES string of the molecule is COCCN(C)CC(O)COc1ccc(C(N)=S)cc1. The number of rotatable bonds is 9. The van der Waals surface area contributed by atoms with Gasteiger partial charge in [0.2, 0.25) is 0 Å². The average Bonchev–Trinajstić information content (AvgIpc) is 2.43. The zero-order valence-electron chi connectivity index (χ0n) is 11.9. The zero-order chi connectivity index (χ0) is 15.0. The number of nitrogens with zero attached hydrogens (tertiary/aromatic N) is 1. The van der Waals surface area contributed by atoms with Crippen molar-refractivity contribution in [2.75, 3.05) is 40.5 Å². The van der Waals surface area contributed by atoms with Gasteiger partial charge in [-0.2, -0.15) is 0 Å². The molecule has 20 heavy (non-hydrogen) atoms. The number of benzene rings is 1. The van der Waals surface area contributed by atoms with Gasteiger partial charge in [0.1, 0.15) is 23.4 Å². The fourth-order valence-corrected chi connectivity index (χ4v) is 1.79. The van der Waals surface area contributed by atoms with E-state index >= 15 is 0 Å². The van der Waals surface area contributed by atoms with Gasteiger partial charge in [-0.05, 0) is 31.3 Å². The van der Waals surface area contributed by atoms with Crippen molar-refractivity contribution in [2.24, 2.45) is 5.73 Å². The number of likely N-dealkylation sites (N-methyl/N-ethyl adjacent to an activating group) is 1. The van der Waals surface area contributed by atoms with Gasteiger partial charge in [-0.25, -0.2) is 0 Å². The number of thiocarbonyl (C=S) groups is 1. The van der Waals surface area contributed by atoms with E-state index in [9.17, 15) is 5.11 Å². The van der Waals surface area contributed by atoms with E-state index in [4.69, 9.17) is 27.4 Å². The van der Waals surface area contributed by atoms with Gasteiger partial charge < -0.3 is 25.2 Å². The molecule has 0 aliphatic heterocycles. The highest BCUT2D eigenvalue weighted by Gasteiger charge is 2.09. The van der Waals surface area contributed by atoms with E-state index in [2.05, 4.69) is 0 Å². The van der Waals surface area contributed by atoms with Crippen LogP contribution in [0.3, 0.4) is 0 Å². The summed E-state index contributed by atoms with van der Waals surface area (Å²) in [6.45, 7) is 2.19. The van der Waals surface area contributed by atoms with Gasteiger partial charge in [-0.3, -0.25) is 0 Å². The van der Waals surface area contributed by atoms with E-state index in [1.807, 2.05) is 11.9 Å². The number of aliphatic hydroxyl groups excluding tert-OH is 1. The van der Waals surface area contributed by atoms with Crippen molar-refractivity contribution in [2.45, 2.75) is 6.10 Å². The summed E-state index contributed by atoms with van der Waals surface area (Å²) >= 11 is 4.87. The molecule has 0 amide bonds. The summed E-state index contributed by atoms with van der Waals surface area (Å²) in [5.74, 6) is 0.684. The number of nitrogens with two attached hydrogens (primary N) is 1. The molecule has 1 unspecified atom stereocenters. The maximum atomic E-state index is 9.87. The van der Waals surface area contributed by atoms with Crippen molar-refractivity contribution < 1.29 is 14.6 Å². The first-order valence-corrected chi connectivity index (χ1v) is 6.82. The second kappa shape index (κ2) is 8.86. The van der Waals surface area contributed by atoms with Gasteiger partial charge in [0, 0.05) is 25.8 Å². The molecule has 0 fully saturated rings. The lowest BCUT2D eigenvalue weighted by Crippen LogP contribution is -2.34. The molecule has 6 heteroatoms. The van der Waals surface area contributed by atoms with E-state index in [-0.39, 0.29) is 6.61 Å². The summed E-state index contributed by atoms with van der Waals surface area (Å²) in [7, 11) is 3.59. The molecule has 112 valence electrons. The lowest BCUT2D eigenvalue weighted by Gasteiger charge is -2.20. The van der Waals surface area contributed by atoms with E-state index in [0.29, 0.717) is 23.9 Å². The largest absolute Gasteiger partial charge is 0.491 e. The molecular formula is C14H22N2O3S. The molecule has 1 atom stereocenters. The van der Waals surface area contributed by atoms with Gasteiger partial charge in [-0.15, -0.1) is 0 Å². The summed E-state index contributed by atoms with van der Waals surface area (Å²) in [5.41, 5.74) is 6.31. The van der Waals surface area contributed by atoms with Crippen LogP contribution in [0.4, 0.5) is 0 Å². The highest BCUT2D eigenvalue weighted by atomic mass is 32.1. The molecule has 0 saturated heterocycles. The Bertz CT molecular complexity index is 411. The standard InChI is InChI=1S/C14H22N2O3S/c1-16(7-8-18-2)9-12(17)10-19-13-5-3-11(4-6-13)14(15)20/h3-6,12,17H,7-10H2,1-2H3,(H2,15,20). The van der Waals surface area contributed by atoms with Gasteiger partial charge >= 0.3 is 0 Å². The molecule has 0 aliphatic rings. The Hall–Kier alpha value is -1.21. The molecule has 1 aromatic rings. The second-order valence-electron chi connectivity index (χ2n) is 4.61. The molecule has 0 bridgehead atoms. The zero-order valence-corrected chi connectivity index (χ0v) is 12.7. The van der Waals surface area contributed by atoms with Crippen molar-refractivity contribution in [1.29, 1.82) is 0 Å². The van der Waals surface area contributed by atoms with Gasteiger partial charge in [0.15, 0.2) is 0 Å². The Morgan fingerprint density at radius 1 is 1.40 bits per heavy atom. The van der Waals surface area contributed by atoms with Gasteiger partial charge in [-0.1, -0.05) is 12.2 Å². The lowest BCUT2D eigenvalue weighted by molar-refractivity contribution is 0.0668. The van der Waals surface area contributed by atoms with Crippen molar-refractivity contribution >= 4 is 17.2 Å². The first kappa shape index (κ1) is 16.8. The maximum absolute atomic E-state index is 9.87. The van der Waals surface area contributed by atoms with Crippen LogP contribution in [0.15, 0.2) is 24.3 Å². The molecule has 3 N–H and O–H groups in total. The highest BCUT2D eigenvalue weighted by molar-refractivity contribution is 7.80. The predicted octanol–water partition coefficient (Wildman–Crippen LogP) is 0.639. The van der Waals surface area contributed by atoms with Crippen molar-refractivity contribution in [3.63, 3.8) is 0 Å². The van der Waals surface area contributed by atoms with E-state index in [1.54, 1.807) is 31.4 Å². The van der Waals surface area contributed by atoms with Gasteiger partial charge in [0.05, 0.1) is 6.61 Å². The number of hydrogen-bond acceptors (Lipinski definition) is 5. The molecule has 0 aliphatic carbocycles. The van der Waals surface area contributed by atoms with E-state index in [0.717, 1.165) is 12.1 Å². The molecule has 0 heterocycles. The monoisotopic (exact) mass is 298 g/mol. The van der Waals surface area contributed by atoms with E-state index in [1.165, 1.54) is 0 Å². The highest BCUT2D eigenvalue weighted by Crippen LogP contribution is 2.12. The summed E-state index contributed by atoms with van der Waals surface area (Å²) < 4.78 is 10.5. The number of aliphatic hydroxyl groups is 1. The predicted molar refractivity (Wildman–Crippen MR) is 83.2 cm³/mol. The Labute approximate surface area is 125 Å². The quantitative estimate of drug-likeness (QED) is 0.652. The maximum Gasteiger partial charge on any atom is 0.119 e.